The van der Waals surface area contributed by atoms with Crippen molar-refractivity contribution in [2.24, 2.45) is 0 Å². The Morgan fingerprint density at radius 2 is 1.03 bits per heavy atom. The average Bonchev–Trinajstić information content (AvgIpc) is 3.74. The molecule has 0 amide bonds. The number of hydrogen-bond acceptors (Lipinski definition) is 5. The van der Waals surface area contributed by atoms with Gasteiger partial charge in [0.15, 0.2) is 0 Å². The molecule has 0 unspecified atom stereocenters. The molecule has 0 saturated heterocycles. The molecule has 0 aliphatic rings. The Bertz CT molecular complexity index is 3820. The van der Waals surface area contributed by atoms with E-state index in [2.05, 4.69) is 195 Å². The van der Waals surface area contributed by atoms with Crippen LogP contribution in [0.15, 0.2) is 188 Å². The summed E-state index contributed by atoms with van der Waals surface area (Å²) >= 11 is 0.296. The van der Waals surface area contributed by atoms with Gasteiger partial charge in [0.1, 0.15) is 5.82 Å². The fraction of sp³-hybridized carbons (Fsp3) is 0. The second-order valence-corrected chi connectivity index (χ2v) is 18.1. The van der Waals surface area contributed by atoms with E-state index >= 15 is 0 Å². The zero-order valence-electron chi connectivity index (χ0n) is 33.9. The monoisotopic (exact) mass is 1060 g/mol. The number of fused-ring (bicyclic) bond motifs is 3. The molecular weight excluding hydrogens is 1030 g/mol. The maximum absolute atomic E-state index is 4.57. The van der Waals surface area contributed by atoms with Gasteiger partial charge in [-0.1, -0.05) is 113 Å². The molecule has 0 spiro atoms. The number of nitrogens with zero attached hydrogens (tertiary/aromatic N) is 5. The van der Waals surface area contributed by atoms with Gasteiger partial charge in [-0.15, -0.1) is 22.3 Å². The third kappa shape index (κ3) is 6.20. The van der Waals surface area contributed by atoms with Gasteiger partial charge < -0.3 is 0 Å². The summed E-state index contributed by atoms with van der Waals surface area (Å²) in [5, 5.41) is 35.4. The van der Waals surface area contributed by atoms with E-state index in [1.54, 1.807) is 0 Å². The number of aromatic nitrogens is 5. The summed E-state index contributed by atoms with van der Waals surface area (Å²) in [6, 6.07) is 70.9. The summed E-state index contributed by atoms with van der Waals surface area (Å²) in [5.41, 5.74) is 6.45. The van der Waals surface area contributed by atoms with Crippen LogP contribution in [0.1, 0.15) is 0 Å². The summed E-state index contributed by atoms with van der Waals surface area (Å²) < 4.78 is 2.84. The van der Waals surface area contributed by atoms with E-state index in [9.17, 15) is 0 Å². The fourth-order valence-electron chi connectivity index (χ4n) is 9.47. The van der Waals surface area contributed by atoms with Crippen LogP contribution in [0.3, 0.4) is 0 Å². The van der Waals surface area contributed by atoms with Crippen LogP contribution < -0.4 is 0 Å². The van der Waals surface area contributed by atoms with Crippen molar-refractivity contribution in [2.75, 3.05) is 0 Å². The molecule has 14 rings (SSSR count). The Morgan fingerprint density at radius 3 is 1.75 bits per heavy atom. The van der Waals surface area contributed by atoms with Crippen LogP contribution in [-0.2, 0) is 20.1 Å². The van der Waals surface area contributed by atoms with Gasteiger partial charge in [0, 0.05) is 25.7 Å². The quantitative estimate of drug-likeness (QED) is 0.0998. The predicted molar refractivity (Wildman–Crippen MR) is 261 cm³/mol. The van der Waals surface area contributed by atoms with E-state index in [4.69, 9.17) is 0 Å². The Balaban J connectivity index is 0.000000145. The Labute approximate surface area is 386 Å². The van der Waals surface area contributed by atoms with Gasteiger partial charge in [0.2, 0.25) is 5.82 Å². The van der Waals surface area contributed by atoms with Crippen molar-refractivity contribution >= 4 is 98.4 Å². The standard InChI is InChI=1S/C34H17N4.C23H14NSe.Ir/c1-3-19-7-9-23-13-17-27(25-15-11-21(5-1)29(19)31(23)25)33-35-37-34(38-36-33)28-18-14-24-10-8-20-4-2-6-22-12-16-26(28)32(24)30(20)22;1-2-7-16(8-3-1)17-12-13-22-20(15-17)18-9-6-10-19(23(18)25-22)21-11-4-5-14-24-21;/h1-17H;1-9,11-15H;/q2*-1;. The summed E-state index contributed by atoms with van der Waals surface area (Å²) in [4.78, 5) is 4.53. The minimum atomic E-state index is 0. The van der Waals surface area contributed by atoms with Gasteiger partial charge in [0.25, 0.3) is 0 Å². The van der Waals surface area contributed by atoms with Gasteiger partial charge in [-0.25, -0.2) is 0 Å². The number of rotatable bonds is 4. The van der Waals surface area contributed by atoms with E-state index in [1.807, 2.05) is 30.5 Å². The van der Waals surface area contributed by atoms with Crippen molar-refractivity contribution in [3.8, 4) is 45.2 Å². The van der Waals surface area contributed by atoms with Crippen LogP contribution in [0.2, 0.25) is 0 Å². The Kier molecular flexibility index (Phi) is 9.33. The van der Waals surface area contributed by atoms with E-state index < -0.39 is 0 Å². The molecule has 0 aliphatic heterocycles. The molecule has 5 nitrogen and oxygen atoms in total. The zero-order valence-corrected chi connectivity index (χ0v) is 38.0. The first-order valence-electron chi connectivity index (χ1n) is 20.9. The van der Waals surface area contributed by atoms with Gasteiger partial charge in [-0.05, 0) is 54.5 Å². The van der Waals surface area contributed by atoms with Gasteiger partial charge >= 0.3 is 152 Å². The van der Waals surface area contributed by atoms with Crippen molar-refractivity contribution in [2.45, 2.75) is 0 Å². The SMILES string of the molecule is [Ir].[c-]1cc2ccc3cccc4ccc(c1-c1nnc(-c5ccc6ccc7cccc8ccc5c6c78)nn1)c2c34.[c-]1ccc2c([se]c3ccc(-c4ccccc4)cc32)c1-c1ccccn1. The molecule has 64 heavy (non-hydrogen) atoms. The second-order valence-electron chi connectivity index (χ2n) is 15.9. The molecule has 7 heteroatoms. The van der Waals surface area contributed by atoms with Crippen molar-refractivity contribution in [1.82, 2.24) is 25.4 Å². The molecule has 0 fully saturated rings. The van der Waals surface area contributed by atoms with Gasteiger partial charge in [0.05, 0.1) is 0 Å². The summed E-state index contributed by atoms with van der Waals surface area (Å²) in [6.45, 7) is 0. The molecule has 3 heterocycles. The van der Waals surface area contributed by atoms with Crippen LogP contribution in [0, 0.1) is 12.1 Å². The third-order valence-electron chi connectivity index (χ3n) is 12.4. The second kappa shape index (κ2) is 15.5. The van der Waals surface area contributed by atoms with E-state index in [-0.39, 0.29) is 20.1 Å². The zero-order chi connectivity index (χ0) is 41.4. The van der Waals surface area contributed by atoms with Crippen molar-refractivity contribution in [1.29, 1.82) is 0 Å². The predicted octanol–water partition coefficient (Wildman–Crippen LogP) is 13.8. The molecule has 0 atom stereocenters. The molecule has 0 saturated carbocycles. The summed E-state index contributed by atoms with van der Waals surface area (Å²) in [7, 11) is 0. The molecule has 14 aromatic rings. The van der Waals surface area contributed by atoms with Crippen LogP contribution in [0.5, 0.6) is 0 Å². The van der Waals surface area contributed by atoms with Crippen LogP contribution in [0.4, 0.5) is 0 Å². The summed E-state index contributed by atoms with van der Waals surface area (Å²) in [6.07, 6.45) is 1.85. The average molecular weight is 1060 g/mol. The van der Waals surface area contributed by atoms with Gasteiger partial charge in [-0.3, -0.25) is 0 Å². The molecule has 0 aliphatic carbocycles. The maximum atomic E-state index is 4.57. The molecule has 1 radical (unpaired) electrons. The Hall–Kier alpha value is -7.24. The topological polar surface area (TPSA) is 64.5 Å². The summed E-state index contributed by atoms with van der Waals surface area (Å²) in [5.74, 6) is 0.994. The molecule has 3 aromatic heterocycles. The van der Waals surface area contributed by atoms with E-state index in [0.29, 0.717) is 26.2 Å². The normalized spacial score (nSPS) is 11.6. The van der Waals surface area contributed by atoms with Crippen molar-refractivity contribution < 1.29 is 20.1 Å². The first kappa shape index (κ1) is 38.4. The molecule has 11 aromatic carbocycles. The van der Waals surface area contributed by atoms with Crippen LogP contribution in [0.25, 0.3) is 129 Å². The number of pyridine rings is 1. The van der Waals surface area contributed by atoms with E-state index in [1.165, 1.54) is 78.9 Å². The first-order chi connectivity index (χ1) is 31.2. The molecular formula is C57H31IrN5Se-2. The minimum absolute atomic E-state index is 0. The molecule has 0 bridgehead atoms. The van der Waals surface area contributed by atoms with Crippen LogP contribution in [-0.4, -0.2) is 39.9 Å². The van der Waals surface area contributed by atoms with Crippen LogP contribution >= 0.6 is 0 Å². The van der Waals surface area contributed by atoms with Crippen molar-refractivity contribution in [3.63, 3.8) is 0 Å². The number of hydrogen-bond donors (Lipinski definition) is 0. The molecule has 0 N–H and O–H groups in total. The first-order valence-corrected chi connectivity index (χ1v) is 22.6. The Morgan fingerprint density at radius 1 is 0.406 bits per heavy atom. The van der Waals surface area contributed by atoms with Crippen molar-refractivity contribution in [3.05, 3.63) is 200 Å². The van der Waals surface area contributed by atoms with Gasteiger partial charge in [-0.2, -0.15) is 10.2 Å². The van der Waals surface area contributed by atoms with E-state index in [0.717, 1.165) is 38.5 Å². The number of benzene rings is 11. The third-order valence-corrected chi connectivity index (χ3v) is 14.9. The molecule has 301 valence electrons. The fourth-order valence-corrected chi connectivity index (χ4v) is 12.0.